The highest BCUT2D eigenvalue weighted by molar-refractivity contribution is 6.32. The van der Waals surface area contributed by atoms with Gasteiger partial charge in [-0.25, -0.2) is 9.97 Å². The molecule has 3 fully saturated rings. The van der Waals surface area contributed by atoms with Gasteiger partial charge in [-0.1, -0.05) is 11.6 Å². The second-order valence-corrected chi connectivity index (χ2v) is 8.70. The number of nitrogens with two attached hydrogens (primary N) is 1. The maximum atomic E-state index is 8.78. The Balaban J connectivity index is 0.000000265. The van der Waals surface area contributed by atoms with Crippen LogP contribution in [0.3, 0.4) is 0 Å². The first-order valence-electron chi connectivity index (χ1n) is 10.3. The van der Waals surface area contributed by atoms with E-state index in [-0.39, 0.29) is 17.6 Å². The number of aliphatic hydroxyl groups is 1. The summed E-state index contributed by atoms with van der Waals surface area (Å²) in [5.41, 5.74) is 6.40. The number of aromatic nitrogens is 5. The van der Waals surface area contributed by atoms with Crippen LogP contribution in [0.15, 0.2) is 6.20 Å². The Morgan fingerprint density at radius 1 is 1.27 bits per heavy atom. The summed E-state index contributed by atoms with van der Waals surface area (Å²) in [5, 5.41) is 17.9. The van der Waals surface area contributed by atoms with Crippen LogP contribution in [0.5, 0.6) is 0 Å². The zero-order valence-corrected chi connectivity index (χ0v) is 18.2. The van der Waals surface area contributed by atoms with Crippen LogP contribution in [0, 0.1) is 0 Å². The van der Waals surface area contributed by atoms with E-state index in [4.69, 9.17) is 27.2 Å². The molecule has 30 heavy (non-hydrogen) atoms. The smallest absolute Gasteiger partial charge is 0.227 e. The number of nitrogens with zero attached hydrogens (tertiary/aromatic N) is 7. The summed E-state index contributed by atoms with van der Waals surface area (Å²) in [4.78, 5) is 12.9. The topological polar surface area (TPSA) is 118 Å². The molecule has 2 aromatic heterocycles. The largest absolute Gasteiger partial charge is 0.391 e. The zero-order valence-electron chi connectivity index (χ0n) is 17.5. The van der Waals surface area contributed by atoms with E-state index < -0.39 is 0 Å². The van der Waals surface area contributed by atoms with Gasteiger partial charge < -0.3 is 25.4 Å². The molecule has 3 N–H and O–H groups in total. The molecule has 10 nitrogen and oxygen atoms in total. The second kappa shape index (κ2) is 8.62. The van der Waals surface area contributed by atoms with Crippen molar-refractivity contribution in [3.05, 3.63) is 11.2 Å². The Morgan fingerprint density at radius 3 is 2.70 bits per heavy atom. The molecule has 1 spiro atoms. The molecule has 0 aromatic carbocycles. The minimum atomic E-state index is -0.186. The van der Waals surface area contributed by atoms with E-state index in [0.717, 1.165) is 45.0 Å². The van der Waals surface area contributed by atoms with Gasteiger partial charge in [-0.05, 0) is 32.7 Å². The number of aliphatic hydroxyl groups excluding tert-OH is 1. The molecule has 0 bridgehead atoms. The van der Waals surface area contributed by atoms with Crippen molar-refractivity contribution in [2.24, 2.45) is 7.05 Å². The van der Waals surface area contributed by atoms with Crippen LogP contribution < -0.4 is 10.6 Å². The Kier molecular flexibility index (Phi) is 6.10. The fourth-order valence-corrected chi connectivity index (χ4v) is 4.26. The molecular weight excluding hydrogens is 408 g/mol. The van der Waals surface area contributed by atoms with Gasteiger partial charge in [-0.3, -0.25) is 4.57 Å². The number of hydrogen-bond donors (Lipinski definition) is 2. The third-order valence-electron chi connectivity index (χ3n) is 5.87. The lowest BCUT2D eigenvalue weighted by atomic mass is 10.1. The van der Waals surface area contributed by atoms with Crippen molar-refractivity contribution in [3.63, 3.8) is 0 Å². The molecule has 2 aliphatic heterocycles. The van der Waals surface area contributed by atoms with Gasteiger partial charge in [0.2, 0.25) is 11.9 Å². The summed E-state index contributed by atoms with van der Waals surface area (Å²) >= 11 is 6.20. The Hall–Kier alpha value is -2.01. The van der Waals surface area contributed by atoms with E-state index in [9.17, 15) is 0 Å². The molecule has 0 radical (unpaired) electrons. The number of likely N-dealkylation sites (N-methyl/N-ethyl adjacent to an activating group) is 1. The van der Waals surface area contributed by atoms with Crippen molar-refractivity contribution in [1.29, 1.82) is 0 Å². The van der Waals surface area contributed by atoms with E-state index in [1.165, 1.54) is 19.0 Å². The maximum Gasteiger partial charge on any atom is 0.227 e. The van der Waals surface area contributed by atoms with Crippen molar-refractivity contribution in [2.45, 2.75) is 37.3 Å². The van der Waals surface area contributed by atoms with Crippen LogP contribution in [0.4, 0.5) is 11.9 Å². The van der Waals surface area contributed by atoms with E-state index in [0.29, 0.717) is 23.1 Å². The molecule has 0 amide bonds. The third kappa shape index (κ3) is 4.36. The molecule has 11 heteroatoms. The minimum Gasteiger partial charge on any atom is -0.391 e. The van der Waals surface area contributed by atoms with Crippen molar-refractivity contribution < 1.29 is 9.84 Å². The summed E-state index contributed by atoms with van der Waals surface area (Å²) in [7, 11) is 4.11. The predicted molar refractivity (Wildman–Crippen MR) is 114 cm³/mol. The first-order chi connectivity index (χ1) is 14.4. The van der Waals surface area contributed by atoms with E-state index in [1.807, 2.05) is 11.6 Å². The highest BCUT2D eigenvalue weighted by atomic mass is 35.5. The Morgan fingerprint density at radius 2 is 2.07 bits per heavy atom. The highest BCUT2D eigenvalue weighted by Gasteiger charge is 2.52. The summed E-state index contributed by atoms with van der Waals surface area (Å²) in [6.07, 6.45) is 5.63. The van der Waals surface area contributed by atoms with Crippen molar-refractivity contribution >= 4 is 23.5 Å². The summed E-state index contributed by atoms with van der Waals surface area (Å²) in [5.74, 6) is 1.64. The third-order valence-corrected chi connectivity index (χ3v) is 6.15. The standard InChI is InChI=1S/C14H19ClN8.C5H10O2/c1-21-5-6-23(14(8-21)3-4-14)13-20-19-11(22(13)2)10-9(15)7-17-12(16)18-10;6-5-2-1-3-7-4-5/h7H,3-6,8H2,1-2H3,(H2,16,17,18);5-6H,1-4H2. The van der Waals surface area contributed by atoms with Crippen LogP contribution in [-0.4, -0.2) is 86.3 Å². The zero-order chi connectivity index (χ0) is 21.3. The number of piperazine rings is 1. The number of halogens is 1. The fourth-order valence-electron chi connectivity index (χ4n) is 4.08. The predicted octanol–water partition coefficient (Wildman–Crippen LogP) is 0.950. The number of ether oxygens (including phenoxy) is 1. The van der Waals surface area contributed by atoms with Crippen molar-refractivity contribution in [2.75, 3.05) is 50.5 Å². The summed E-state index contributed by atoms with van der Waals surface area (Å²) < 4.78 is 6.88. The molecular formula is C19H29ClN8O2. The fraction of sp³-hybridized carbons (Fsp3) is 0.684. The average molecular weight is 437 g/mol. The van der Waals surface area contributed by atoms with Gasteiger partial charge in [0, 0.05) is 33.3 Å². The molecule has 164 valence electrons. The number of hydrogen-bond acceptors (Lipinski definition) is 9. The van der Waals surface area contributed by atoms with Gasteiger partial charge in [0.25, 0.3) is 0 Å². The Labute approximate surface area is 181 Å². The highest BCUT2D eigenvalue weighted by Crippen LogP contribution is 2.46. The molecule has 1 atom stereocenters. The number of anilines is 2. The lowest BCUT2D eigenvalue weighted by Gasteiger charge is -2.41. The molecule has 4 heterocycles. The quantitative estimate of drug-likeness (QED) is 0.708. The number of nitrogen functional groups attached to an aromatic ring is 1. The van der Waals surface area contributed by atoms with Crippen LogP contribution in [0.2, 0.25) is 5.02 Å². The van der Waals surface area contributed by atoms with Gasteiger partial charge in [0.05, 0.1) is 29.5 Å². The monoisotopic (exact) mass is 436 g/mol. The van der Waals surface area contributed by atoms with Gasteiger partial charge in [-0.15, -0.1) is 10.2 Å². The van der Waals surface area contributed by atoms with Crippen LogP contribution in [0.25, 0.3) is 11.5 Å². The SMILES string of the molecule is CN1CCN(c2nnc(-c3nc(N)ncc3Cl)n2C)C2(CC2)C1.OC1CCCOC1. The normalized spacial score (nSPS) is 23.2. The average Bonchev–Trinajstić information content (AvgIpc) is 3.38. The first kappa shape index (κ1) is 21.2. The van der Waals surface area contributed by atoms with E-state index in [1.54, 1.807) is 0 Å². The van der Waals surface area contributed by atoms with Crippen molar-refractivity contribution in [3.8, 4) is 11.5 Å². The first-order valence-corrected chi connectivity index (χ1v) is 10.7. The Bertz CT molecular complexity index is 881. The summed E-state index contributed by atoms with van der Waals surface area (Å²) in [6, 6.07) is 0. The maximum absolute atomic E-state index is 8.78. The summed E-state index contributed by atoms with van der Waals surface area (Å²) in [6.45, 7) is 4.40. The van der Waals surface area contributed by atoms with Gasteiger partial charge in [-0.2, -0.15) is 0 Å². The van der Waals surface area contributed by atoms with E-state index >= 15 is 0 Å². The van der Waals surface area contributed by atoms with Crippen LogP contribution in [0.1, 0.15) is 25.7 Å². The van der Waals surface area contributed by atoms with Crippen LogP contribution in [-0.2, 0) is 11.8 Å². The van der Waals surface area contributed by atoms with E-state index in [2.05, 4.69) is 37.0 Å². The molecule has 2 saturated heterocycles. The molecule has 1 saturated carbocycles. The minimum absolute atomic E-state index is 0.173. The van der Waals surface area contributed by atoms with Gasteiger partial charge in [0.15, 0.2) is 5.82 Å². The number of rotatable bonds is 2. The van der Waals surface area contributed by atoms with Crippen LogP contribution >= 0.6 is 11.6 Å². The lowest BCUT2D eigenvalue weighted by molar-refractivity contribution is -0.00535. The lowest BCUT2D eigenvalue weighted by Crippen LogP contribution is -2.54. The van der Waals surface area contributed by atoms with Gasteiger partial charge >= 0.3 is 0 Å². The molecule has 3 aliphatic rings. The molecule has 1 unspecified atom stereocenters. The molecule has 2 aromatic rings. The molecule has 1 aliphatic carbocycles. The van der Waals surface area contributed by atoms with Gasteiger partial charge in [0.1, 0.15) is 5.69 Å². The second-order valence-electron chi connectivity index (χ2n) is 8.29. The molecule has 5 rings (SSSR count). The van der Waals surface area contributed by atoms with Crippen molar-refractivity contribution in [1.82, 2.24) is 29.6 Å².